The summed E-state index contributed by atoms with van der Waals surface area (Å²) >= 11 is 0. The van der Waals surface area contributed by atoms with Crippen LogP contribution in [0.3, 0.4) is 0 Å². The van der Waals surface area contributed by atoms with Crippen LogP contribution in [0.2, 0.25) is 0 Å². The van der Waals surface area contributed by atoms with E-state index in [1.807, 2.05) is 54.1 Å². The molecule has 1 saturated carbocycles. The van der Waals surface area contributed by atoms with E-state index < -0.39 is 0 Å². The van der Waals surface area contributed by atoms with Crippen LogP contribution in [0.15, 0.2) is 59.1 Å². The molecule has 1 fully saturated rings. The lowest BCUT2D eigenvalue weighted by Crippen LogP contribution is -2.06. The lowest BCUT2D eigenvalue weighted by Gasteiger charge is -2.04. The molecular weight excluding hydrogens is 338 g/mol. The third-order valence-electron chi connectivity index (χ3n) is 4.75. The van der Waals surface area contributed by atoms with Gasteiger partial charge in [0.05, 0.1) is 6.54 Å². The summed E-state index contributed by atoms with van der Waals surface area (Å²) in [4.78, 5) is 9.22. The van der Waals surface area contributed by atoms with Crippen LogP contribution in [0.5, 0.6) is 0 Å². The zero-order valence-corrected chi connectivity index (χ0v) is 15.0. The molecule has 0 amide bonds. The van der Waals surface area contributed by atoms with Crippen molar-refractivity contribution in [2.45, 2.75) is 32.2 Å². The molecule has 5 rings (SSSR count). The summed E-state index contributed by atoms with van der Waals surface area (Å²) in [7, 11) is 0. The van der Waals surface area contributed by atoms with Crippen molar-refractivity contribution in [1.82, 2.24) is 24.9 Å². The molecule has 6 heteroatoms. The van der Waals surface area contributed by atoms with E-state index in [1.165, 1.54) is 11.1 Å². The van der Waals surface area contributed by atoms with Crippen molar-refractivity contribution in [2.75, 3.05) is 0 Å². The fourth-order valence-corrected chi connectivity index (χ4v) is 3.10. The van der Waals surface area contributed by atoms with Crippen LogP contribution in [0.25, 0.3) is 23.1 Å². The van der Waals surface area contributed by atoms with E-state index in [9.17, 15) is 0 Å². The van der Waals surface area contributed by atoms with Crippen molar-refractivity contribution in [3.63, 3.8) is 0 Å². The second-order valence-corrected chi connectivity index (χ2v) is 7.00. The van der Waals surface area contributed by atoms with Gasteiger partial charge in [0.2, 0.25) is 11.6 Å². The summed E-state index contributed by atoms with van der Waals surface area (Å²) in [6, 6.07) is 18.3. The fourth-order valence-electron chi connectivity index (χ4n) is 3.10. The van der Waals surface area contributed by atoms with Gasteiger partial charge in [-0.2, -0.15) is 4.98 Å². The highest BCUT2D eigenvalue weighted by Crippen LogP contribution is 2.39. The Morgan fingerprint density at radius 2 is 1.74 bits per heavy atom. The molecule has 0 radical (unpaired) electrons. The minimum Gasteiger partial charge on any atom is -0.330 e. The first-order chi connectivity index (χ1) is 13.3. The van der Waals surface area contributed by atoms with E-state index in [1.54, 1.807) is 0 Å². The molecule has 0 saturated heterocycles. The molecule has 0 aliphatic heterocycles. The molecule has 2 aromatic carbocycles. The van der Waals surface area contributed by atoms with Gasteiger partial charge in [-0.3, -0.25) is 0 Å². The molecule has 0 unspecified atom stereocenters. The maximum absolute atomic E-state index is 5.45. The van der Waals surface area contributed by atoms with Crippen molar-refractivity contribution < 1.29 is 4.52 Å². The average molecular weight is 357 g/mol. The quantitative estimate of drug-likeness (QED) is 0.534. The van der Waals surface area contributed by atoms with Crippen molar-refractivity contribution >= 4 is 0 Å². The molecule has 2 aromatic heterocycles. The largest absolute Gasteiger partial charge is 0.330 e. The Morgan fingerprint density at radius 3 is 2.48 bits per heavy atom. The van der Waals surface area contributed by atoms with E-state index in [0.717, 1.165) is 24.2 Å². The highest BCUT2D eigenvalue weighted by molar-refractivity contribution is 5.57. The molecule has 0 N–H and O–H groups in total. The van der Waals surface area contributed by atoms with Gasteiger partial charge in [-0.05, 0) is 25.3 Å². The van der Waals surface area contributed by atoms with E-state index in [0.29, 0.717) is 30.0 Å². The lowest BCUT2D eigenvalue weighted by atomic mass is 10.1. The summed E-state index contributed by atoms with van der Waals surface area (Å²) in [6.07, 6.45) is 2.32. The molecule has 1 aliphatic rings. The van der Waals surface area contributed by atoms with Crippen LogP contribution in [0, 0.1) is 6.92 Å². The van der Waals surface area contributed by atoms with Crippen LogP contribution < -0.4 is 0 Å². The second kappa shape index (κ2) is 6.46. The third-order valence-corrected chi connectivity index (χ3v) is 4.75. The van der Waals surface area contributed by atoms with Crippen LogP contribution in [0.4, 0.5) is 0 Å². The number of rotatable bonds is 5. The Kier molecular flexibility index (Phi) is 3.81. The Morgan fingerprint density at radius 1 is 0.963 bits per heavy atom. The number of nitrogens with zero attached hydrogens (tertiary/aromatic N) is 5. The highest BCUT2D eigenvalue weighted by Gasteiger charge is 2.31. The average Bonchev–Trinajstić information content (AvgIpc) is 3.26. The van der Waals surface area contributed by atoms with Gasteiger partial charge in [0.1, 0.15) is 5.82 Å². The van der Waals surface area contributed by atoms with Crippen LogP contribution >= 0.6 is 0 Å². The molecule has 27 heavy (non-hydrogen) atoms. The zero-order valence-electron chi connectivity index (χ0n) is 15.0. The summed E-state index contributed by atoms with van der Waals surface area (Å²) in [6.45, 7) is 2.74. The van der Waals surface area contributed by atoms with E-state index in [-0.39, 0.29) is 0 Å². The molecule has 134 valence electrons. The standard InChI is InChI=1S/C21H19N5O/c1-14-7-9-16(10-8-14)18-23-21(27-25-18)19-22-20(17-11-12-17)26(24-19)13-15-5-3-2-4-6-15/h2-10,17H,11-13H2,1H3. The Bertz CT molecular complexity index is 1060. The molecule has 1 aliphatic carbocycles. The number of hydrogen-bond acceptors (Lipinski definition) is 5. The first kappa shape index (κ1) is 15.9. The summed E-state index contributed by atoms with van der Waals surface area (Å²) in [5, 5.41) is 8.77. The van der Waals surface area contributed by atoms with Gasteiger partial charge < -0.3 is 4.52 Å². The molecule has 4 aromatic rings. The summed E-state index contributed by atoms with van der Waals surface area (Å²) in [5.74, 6) is 2.90. The topological polar surface area (TPSA) is 69.6 Å². The Balaban J connectivity index is 1.47. The summed E-state index contributed by atoms with van der Waals surface area (Å²) in [5.41, 5.74) is 3.31. The van der Waals surface area contributed by atoms with Gasteiger partial charge in [-0.25, -0.2) is 9.67 Å². The van der Waals surface area contributed by atoms with Crippen LogP contribution in [-0.2, 0) is 6.54 Å². The van der Waals surface area contributed by atoms with Gasteiger partial charge in [-0.15, -0.1) is 5.10 Å². The molecule has 2 heterocycles. The van der Waals surface area contributed by atoms with Crippen molar-refractivity contribution in [3.8, 4) is 23.1 Å². The van der Waals surface area contributed by atoms with Gasteiger partial charge in [0, 0.05) is 11.5 Å². The number of aromatic nitrogens is 5. The van der Waals surface area contributed by atoms with Crippen LogP contribution in [-0.4, -0.2) is 24.9 Å². The van der Waals surface area contributed by atoms with Crippen molar-refractivity contribution in [1.29, 1.82) is 0 Å². The van der Waals surface area contributed by atoms with E-state index in [2.05, 4.69) is 27.4 Å². The van der Waals surface area contributed by atoms with Gasteiger partial charge >= 0.3 is 0 Å². The zero-order chi connectivity index (χ0) is 18.2. The van der Waals surface area contributed by atoms with Crippen molar-refractivity contribution in [3.05, 3.63) is 71.5 Å². The predicted molar refractivity (Wildman–Crippen MR) is 101 cm³/mol. The predicted octanol–water partition coefficient (Wildman–Crippen LogP) is 4.23. The van der Waals surface area contributed by atoms with Gasteiger partial charge in [0.15, 0.2) is 0 Å². The van der Waals surface area contributed by atoms with E-state index >= 15 is 0 Å². The number of hydrogen-bond donors (Lipinski definition) is 0. The smallest absolute Gasteiger partial charge is 0.297 e. The molecule has 6 nitrogen and oxygen atoms in total. The second-order valence-electron chi connectivity index (χ2n) is 7.00. The number of benzene rings is 2. The normalized spacial score (nSPS) is 13.8. The summed E-state index contributed by atoms with van der Waals surface area (Å²) < 4.78 is 7.42. The first-order valence-electron chi connectivity index (χ1n) is 9.16. The van der Waals surface area contributed by atoms with E-state index in [4.69, 9.17) is 9.51 Å². The fraction of sp³-hybridized carbons (Fsp3) is 0.238. The Labute approximate surface area is 156 Å². The lowest BCUT2D eigenvalue weighted by molar-refractivity contribution is 0.429. The molecule has 0 spiro atoms. The minimum atomic E-state index is 0.360. The maximum Gasteiger partial charge on any atom is 0.297 e. The molecule has 0 atom stereocenters. The minimum absolute atomic E-state index is 0.360. The Hall–Kier alpha value is -3.28. The monoisotopic (exact) mass is 357 g/mol. The van der Waals surface area contributed by atoms with Gasteiger partial charge in [0.25, 0.3) is 5.89 Å². The van der Waals surface area contributed by atoms with Crippen molar-refractivity contribution in [2.24, 2.45) is 0 Å². The maximum atomic E-state index is 5.45. The van der Waals surface area contributed by atoms with Gasteiger partial charge in [-0.1, -0.05) is 65.3 Å². The molecular formula is C21H19N5O. The number of aryl methyl sites for hydroxylation is 1. The first-order valence-corrected chi connectivity index (χ1v) is 9.16. The highest BCUT2D eigenvalue weighted by atomic mass is 16.5. The molecule has 0 bridgehead atoms. The third kappa shape index (κ3) is 3.26. The van der Waals surface area contributed by atoms with Crippen LogP contribution in [0.1, 0.15) is 35.7 Å². The SMILES string of the molecule is Cc1ccc(-c2noc(-c3nc(C4CC4)n(Cc4ccccc4)n3)n2)cc1.